The monoisotopic (exact) mass is 333 g/mol. The molecule has 0 aliphatic heterocycles. The molecule has 4 heteroatoms. The summed E-state index contributed by atoms with van der Waals surface area (Å²) >= 11 is 1.52. The van der Waals surface area contributed by atoms with Crippen LogP contribution in [0.2, 0.25) is 0 Å². The van der Waals surface area contributed by atoms with Crippen LogP contribution in [0, 0.1) is 11.3 Å². The summed E-state index contributed by atoms with van der Waals surface area (Å²) in [7, 11) is 0. The number of hydrogen-bond acceptors (Lipinski definition) is 4. The molecular formula is C20H19N3S. The van der Waals surface area contributed by atoms with Crippen LogP contribution in [-0.2, 0) is 6.54 Å². The maximum Gasteiger partial charge on any atom is 0.116 e. The predicted octanol–water partition coefficient (Wildman–Crippen LogP) is 4.85. The van der Waals surface area contributed by atoms with Gasteiger partial charge in [-0.05, 0) is 24.8 Å². The summed E-state index contributed by atoms with van der Waals surface area (Å²) in [5.74, 6) is 0. The SMILES string of the molecule is CCN(Cc1ccccc1)c1c(C#N)c(SC)nc2ccccc12. The van der Waals surface area contributed by atoms with Gasteiger partial charge in [0.1, 0.15) is 16.7 Å². The maximum absolute atomic E-state index is 9.77. The van der Waals surface area contributed by atoms with E-state index in [1.807, 2.05) is 42.7 Å². The van der Waals surface area contributed by atoms with Crippen molar-refractivity contribution in [3.05, 3.63) is 65.7 Å². The van der Waals surface area contributed by atoms with Crippen LogP contribution in [0.1, 0.15) is 18.1 Å². The van der Waals surface area contributed by atoms with Gasteiger partial charge < -0.3 is 4.90 Å². The molecule has 1 aromatic heterocycles. The van der Waals surface area contributed by atoms with Crippen molar-refractivity contribution in [3.63, 3.8) is 0 Å². The van der Waals surface area contributed by atoms with Crippen molar-refractivity contribution in [2.24, 2.45) is 0 Å². The smallest absolute Gasteiger partial charge is 0.116 e. The van der Waals surface area contributed by atoms with E-state index in [-0.39, 0.29) is 0 Å². The third kappa shape index (κ3) is 3.08. The van der Waals surface area contributed by atoms with Gasteiger partial charge in [0.25, 0.3) is 0 Å². The van der Waals surface area contributed by atoms with E-state index >= 15 is 0 Å². The van der Waals surface area contributed by atoms with Crippen molar-refractivity contribution in [1.82, 2.24) is 4.98 Å². The molecule has 0 saturated heterocycles. The number of thioether (sulfide) groups is 1. The van der Waals surface area contributed by atoms with Crippen LogP contribution in [0.3, 0.4) is 0 Å². The molecular weight excluding hydrogens is 314 g/mol. The van der Waals surface area contributed by atoms with Crippen molar-refractivity contribution < 1.29 is 0 Å². The van der Waals surface area contributed by atoms with Crippen molar-refractivity contribution in [3.8, 4) is 6.07 Å². The van der Waals surface area contributed by atoms with E-state index in [9.17, 15) is 5.26 Å². The highest BCUT2D eigenvalue weighted by atomic mass is 32.2. The number of aromatic nitrogens is 1. The van der Waals surface area contributed by atoms with Gasteiger partial charge in [-0.1, -0.05) is 48.5 Å². The summed E-state index contributed by atoms with van der Waals surface area (Å²) in [6.45, 7) is 3.72. The van der Waals surface area contributed by atoms with Gasteiger partial charge in [-0.15, -0.1) is 11.8 Å². The zero-order valence-corrected chi connectivity index (χ0v) is 14.7. The number of benzene rings is 2. The Hall–Kier alpha value is -2.51. The predicted molar refractivity (Wildman–Crippen MR) is 101 cm³/mol. The minimum atomic E-state index is 0.666. The molecule has 0 fully saturated rings. The quantitative estimate of drug-likeness (QED) is 0.625. The van der Waals surface area contributed by atoms with Gasteiger partial charge >= 0.3 is 0 Å². The Morgan fingerprint density at radius 2 is 1.79 bits per heavy atom. The van der Waals surface area contributed by atoms with Crippen LogP contribution >= 0.6 is 11.8 Å². The number of para-hydroxylation sites is 1. The van der Waals surface area contributed by atoms with E-state index in [0.29, 0.717) is 5.56 Å². The molecule has 0 aliphatic rings. The average molecular weight is 333 g/mol. The lowest BCUT2D eigenvalue weighted by molar-refractivity contribution is 0.830. The molecule has 0 spiro atoms. The lowest BCUT2D eigenvalue weighted by Gasteiger charge is -2.26. The maximum atomic E-state index is 9.77. The molecule has 24 heavy (non-hydrogen) atoms. The standard InChI is InChI=1S/C20H19N3S/c1-3-23(14-15-9-5-4-6-10-15)19-16-11-7-8-12-18(16)22-20(24-2)17(19)13-21/h4-12H,3,14H2,1-2H3. The highest BCUT2D eigenvalue weighted by molar-refractivity contribution is 7.98. The minimum Gasteiger partial charge on any atom is -0.366 e. The van der Waals surface area contributed by atoms with Crippen LogP contribution < -0.4 is 4.90 Å². The van der Waals surface area contributed by atoms with Gasteiger partial charge in [-0.25, -0.2) is 4.98 Å². The van der Waals surface area contributed by atoms with E-state index in [1.54, 1.807) is 0 Å². The van der Waals surface area contributed by atoms with Crippen molar-refractivity contribution >= 4 is 28.4 Å². The zero-order chi connectivity index (χ0) is 16.9. The highest BCUT2D eigenvalue weighted by Gasteiger charge is 2.19. The summed E-state index contributed by atoms with van der Waals surface area (Å²) in [5, 5.41) is 11.6. The van der Waals surface area contributed by atoms with Gasteiger partial charge in [0.15, 0.2) is 0 Å². The summed E-state index contributed by atoms with van der Waals surface area (Å²) in [5.41, 5.74) is 3.81. The average Bonchev–Trinajstić information content (AvgIpc) is 2.65. The molecule has 1 heterocycles. The van der Waals surface area contributed by atoms with Gasteiger partial charge in [0, 0.05) is 18.5 Å². The first-order valence-corrected chi connectivity index (χ1v) is 9.16. The summed E-state index contributed by atoms with van der Waals surface area (Å²) in [6.07, 6.45) is 1.97. The Morgan fingerprint density at radius 1 is 1.08 bits per heavy atom. The number of fused-ring (bicyclic) bond motifs is 1. The number of nitrogens with zero attached hydrogens (tertiary/aromatic N) is 3. The van der Waals surface area contributed by atoms with Gasteiger partial charge in [0.05, 0.1) is 11.2 Å². The summed E-state index contributed by atoms with van der Waals surface area (Å²) in [6, 6.07) is 20.8. The molecule has 3 rings (SSSR count). The first kappa shape index (κ1) is 16.4. The molecule has 120 valence electrons. The second-order valence-electron chi connectivity index (χ2n) is 5.47. The molecule has 0 saturated carbocycles. The largest absolute Gasteiger partial charge is 0.366 e. The minimum absolute atomic E-state index is 0.666. The topological polar surface area (TPSA) is 39.9 Å². The fourth-order valence-corrected chi connectivity index (χ4v) is 3.44. The van der Waals surface area contributed by atoms with E-state index in [4.69, 9.17) is 0 Å². The third-order valence-corrected chi connectivity index (χ3v) is 4.73. The Balaban J connectivity index is 2.20. The molecule has 0 unspecified atom stereocenters. The molecule has 3 aromatic rings. The molecule has 0 bridgehead atoms. The fraction of sp³-hybridized carbons (Fsp3) is 0.200. The van der Waals surface area contributed by atoms with E-state index in [2.05, 4.69) is 41.1 Å². The summed E-state index contributed by atoms with van der Waals surface area (Å²) in [4.78, 5) is 6.92. The van der Waals surface area contributed by atoms with Crippen LogP contribution in [0.4, 0.5) is 5.69 Å². The first-order chi connectivity index (χ1) is 11.8. The van der Waals surface area contributed by atoms with E-state index in [1.165, 1.54) is 17.3 Å². The Kier molecular flexibility index (Phi) is 5.02. The molecule has 0 radical (unpaired) electrons. The van der Waals surface area contributed by atoms with E-state index in [0.717, 1.165) is 34.7 Å². The number of nitriles is 1. The lowest BCUT2D eigenvalue weighted by Crippen LogP contribution is -2.23. The Bertz CT molecular complexity index is 885. The summed E-state index contributed by atoms with van der Waals surface area (Å²) < 4.78 is 0. The number of anilines is 1. The molecule has 0 aliphatic carbocycles. The molecule has 0 atom stereocenters. The van der Waals surface area contributed by atoms with Crippen LogP contribution in [0.15, 0.2) is 59.6 Å². The normalized spacial score (nSPS) is 10.5. The molecule has 0 N–H and O–H groups in total. The number of pyridine rings is 1. The van der Waals surface area contributed by atoms with Crippen LogP contribution in [0.5, 0.6) is 0 Å². The van der Waals surface area contributed by atoms with Crippen LogP contribution in [0.25, 0.3) is 10.9 Å². The number of rotatable bonds is 5. The Morgan fingerprint density at radius 3 is 2.46 bits per heavy atom. The van der Waals surface area contributed by atoms with Crippen molar-refractivity contribution in [2.45, 2.75) is 18.5 Å². The second-order valence-corrected chi connectivity index (χ2v) is 6.27. The van der Waals surface area contributed by atoms with Crippen molar-refractivity contribution in [2.75, 3.05) is 17.7 Å². The highest BCUT2D eigenvalue weighted by Crippen LogP contribution is 2.35. The van der Waals surface area contributed by atoms with E-state index < -0.39 is 0 Å². The number of hydrogen-bond donors (Lipinski definition) is 0. The van der Waals surface area contributed by atoms with Crippen molar-refractivity contribution in [1.29, 1.82) is 5.26 Å². The zero-order valence-electron chi connectivity index (χ0n) is 13.9. The fourth-order valence-electron chi connectivity index (χ4n) is 2.90. The van der Waals surface area contributed by atoms with Gasteiger partial charge in [0.2, 0.25) is 0 Å². The van der Waals surface area contributed by atoms with Crippen LogP contribution in [-0.4, -0.2) is 17.8 Å². The molecule has 0 amide bonds. The molecule has 2 aromatic carbocycles. The third-order valence-electron chi connectivity index (χ3n) is 4.05. The van der Waals surface area contributed by atoms with Gasteiger partial charge in [-0.2, -0.15) is 5.26 Å². The van der Waals surface area contributed by atoms with Gasteiger partial charge in [-0.3, -0.25) is 0 Å². The second kappa shape index (κ2) is 7.37. The lowest BCUT2D eigenvalue weighted by atomic mass is 10.1. The Labute approximate surface area is 146 Å². The first-order valence-electron chi connectivity index (χ1n) is 7.94. The molecule has 3 nitrogen and oxygen atoms in total.